The van der Waals surface area contributed by atoms with Gasteiger partial charge >= 0.3 is 0 Å². The number of amides is 2. The van der Waals surface area contributed by atoms with Crippen LogP contribution in [0, 0.1) is 0 Å². The molecule has 0 bridgehead atoms. The number of rotatable bonds is 5. The molecule has 0 spiro atoms. The third kappa shape index (κ3) is 4.76. The second-order valence-corrected chi connectivity index (χ2v) is 6.74. The summed E-state index contributed by atoms with van der Waals surface area (Å²) < 4.78 is 5.91. The van der Waals surface area contributed by atoms with Crippen LogP contribution in [0.1, 0.15) is 22.2 Å². The summed E-state index contributed by atoms with van der Waals surface area (Å²) in [5.41, 5.74) is 1.70. The van der Waals surface area contributed by atoms with Crippen LogP contribution in [-0.2, 0) is 9.53 Å². The van der Waals surface area contributed by atoms with Gasteiger partial charge in [-0.1, -0.05) is 18.2 Å². The predicted octanol–water partition coefficient (Wildman–Crippen LogP) is 0.998. The number of morpholine rings is 1. The Bertz CT molecular complexity index is 939. The largest absolute Gasteiger partial charge is 0.394 e. The van der Waals surface area contributed by atoms with Crippen LogP contribution in [0.3, 0.4) is 0 Å². The number of hydrogen-bond donors (Lipinski definition) is 2. The van der Waals surface area contributed by atoms with Crippen molar-refractivity contribution in [2.24, 2.45) is 0 Å². The summed E-state index contributed by atoms with van der Waals surface area (Å²) in [6.07, 6.45) is 1.44. The van der Waals surface area contributed by atoms with Crippen LogP contribution in [0.15, 0.2) is 37.2 Å². The van der Waals surface area contributed by atoms with Gasteiger partial charge in [-0.05, 0) is 29.8 Å². The van der Waals surface area contributed by atoms with Crippen LogP contribution in [0.5, 0.6) is 0 Å². The van der Waals surface area contributed by atoms with Crippen molar-refractivity contribution < 1.29 is 19.4 Å². The van der Waals surface area contributed by atoms with E-state index in [0.29, 0.717) is 17.0 Å². The minimum Gasteiger partial charge on any atom is -0.394 e. The summed E-state index contributed by atoms with van der Waals surface area (Å²) in [4.78, 5) is 37.9. The van der Waals surface area contributed by atoms with Gasteiger partial charge in [0.25, 0.3) is 5.91 Å². The number of nitrogens with zero attached hydrogens (tertiary/aromatic N) is 4. The van der Waals surface area contributed by atoms with Crippen molar-refractivity contribution >= 4 is 23.4 Å². The van der Waals surface area contributed by atoms with Crippen molar-refractivity contribution in [2.45, 2.75) is 12.2 Å². The second-order valence-electron chi connectivity index (χ2n) is 6.35. The molecule has 2 atom stereocenters. The monoisotopic (exact) mass is 417 g/mol. The van der Waals surface area contributed by atoms with Crippen LogP contribution in [0.25, 0.3) is 11.4 Å². The molecule has 1 saturated heterocycles. The maximum atomic E-state index is 12.1. The summed E-state index contributed by atoms with van der Waals surface area (Å²) in [5.74, 6) is -0.598. The maximum Gasteiger partial charge on any atom is 0.269 e. The van der Waals surface area contributed by atoms with Crippen molar-refractivity contribution in [3.05, 3.63) is 53.6 Å². The summed E-state index contributed by atoms with van der Waals surface area (Å²) >= 11 is 6.21. The van der Waals surface area contributed by atoms with E-state index in [2.05, 4.69) is 26.8 Å². The van der Waals surface area contributed by atoms with Crippen molar-refractivity contribution in [1.29, 1.82) is 0 Å². The molecule has 0 aliphatic carbocycles. The van der Waals surface area contributed by atoms with E-state index >= 15 is 0 Å². The fourth-order valence-corrected chi connectivity index (χ4v) is 3.23. The fraction of sp³-hybridized carbons (Fsp3) is 0.316. The van der Waals surface area contributed by atoms with E-state index in [1.165, 1.54) is 25.5 Å². The smallest absolute Gasteiger partial charge is 0.269 e. The van der Waals surface area contributed by atoms with Gasteiger partial charge in [0.15, 0.2) is 0 Å². The fourth-order valence-electron chi connectivity index (χ4n) is 3.02. The first-order valence-electron chi connectivity index (χ1n) is 8.84. The van der Waals surface area contributed by atoms with Gasteiger partial charge in [0.2, 0.25) is 5.91 Å². The zero-order chi connectivity index (χ0) is 21.0. The standard InChI is InChI=1S/C19H20ClN5O4/c1-3-18(27)25-7-12(9-26)29-16(8-25)11-4-14(24-17(20)5-11)13-6-15(19(28)21-2)23-10-22-13/h3-6,10,12,16,26H,1,7-9H2,2H3,(H,21,28)/t12-,16?/m1/s1. The molecular formula is C19H20ClN5O4. The Hall–Kier alpha value is -2.88. The molecular weight excluding hydrogens is 398 g/mol. The van der Waals surface area contributed by atoms with Gasteiger partial charge in [0.1, 0.15) is 23.3 Å². The molecule has 1 unspecified atom stereocenters. The molecule has 2 aromatic rings. The summed E-state index contributed by atoms with van der Waals surface area (Å²) in [5, 5.41) is 12.2. The molecule has 1 fully saturated rings. The third-order valence-corrected chi connectivity index (χ3v) is 4.63. The molecule has 152 valence electrons. The third-order valence-electron chi connectivity index (χ3n) is 4.43. The Morgan fingerprint density at radius 3 is 2.83 bits per heavy atom. The van der Waals surface area contributed by atoms with Crippen LogP contribution < -0.4 is 5.32 Å². The lowest BCUT2D eigenvalue weighted by molar-refractivity contribution is -0.144. The van der Waals surface area contributed by atoms with Crippen LogP contribution >= 0.6 is 11.6 Å². The topological polar surface area (TPSA) is 118 Å². The minimum atomic E-state index is -0.535. The molecule has 1 aliphatic rings. The Morgan fingerprint density at radius 1 is 1.34 bits per heavy atom. The number of hydrogen-bond acceptors (Lipinski definition) is 7. The molecule has 2 N–H and O–H groups in total. The summed E-state index contributed by atoms with van der Waals surface area (Å²) in [6, 6.07) is 4.86. The lowest BCUT2D eigenvalue weighted by Crippen LogP contribution is -2.47. The molecule has 3 rings (SSSR count). The van der Waals surface area contributed by atoms with Crippen molar-refractivity contribution in [2.75, 3.05) is 26.7 Å². The van der Waals surface area contributed by atoms with Gasteiger partial charge in [-0.3, -0.25) is 9.59 Å². The van der Waals surface area contributed by atoms with Crippen molar-refractivity contribution in [1.82, 2.24) is 25.2 Å². The number of pyridine rings is 1. The van der Waals surface area contributed by atoms with Gasteiger partial charge in [-0.15, -0.1) is 0 Å². The highest BCUT2D eigenvalue weighted by atomic mass is 35.5. The number of nitrogens with one attached hydrogen (secondary N) is 1. The van der Waals surface area contributed by atoms with Gasteiger partial charge < -0.3 is 20.1 Å². The average Bonchev–Trinajstić information content (AvgIpc) is 2.77. The van der Waals surface area contributed by atoms with Crippen LogP contribution in [0.4, 0.5) is 0 Å². The highest BCUT2D eigenvalue weighted by Crippen LogP contribution is 2.29. The summed E-state index contributed by atoms with van der Waals surface area (Å²) in [6.45, 7) is 3.82. The maximum absolute atomic E-state index is 12.1. The number of ether oxygens (including phenoxy) is 1. The molecule has 9 nitrogen and oxygen atoms in total. The zero-order valence-corrected chi connectivity index (χ0v) is 16.5. The quantitative estimate of drug-likeness (QED) is 0.550. The molecule has 0 saturated carbocycles. The lowest BCUT2D eigenvalue weighted by Gasteiger charge is -2.37. The number of carbonyl (C=O) groups is 2. The van der Waals surface area contributed by atoms with Gasteiger partial charge in [0, 0.05) is 13.6 Å². The lowest BCUT2D eigenvalue weighted by atomic mass is 10.1. The van der Waals surface area contributed by atoms with Crippen LogP contribution in [-0.4, -0.2) is 69.6 Å². The van der Waals surface area contributed by atoms with E-state index in [1.807, 2.05) is 0 Å². The van der Waals surface area contributed by atoms with Crippen molar-refractivity contribution in [3.8, 4) is 11.4 Å². The molecule has 0 aromatic carbocycles. The van der Waals surface area contributed by atoms with E-state index in [4.69, 9.17) is 16.3 Å². The number of carbonyl (C=O) groups excluding carboxylic acids is 2. The summed E-state index contributed by atoms with van der Waals surface area (Å²) in [7, 11) is 1.51. The van der Waals surface area contributed by atoms with Crippen LogP contribution in [0.2, 0.25) is 5.15 Å². The van der Waals surface area contributed by atoms with E-state index in [-0.39, 0.29) is 42.4 Å². The Kier molecular flexibility index (Phi) is 6.53. The van der Waals surface area contributed by atoms with Crippen molar-refractivity contribution in [3.63, 3.8) is 0 Å². The first-order valence-corrected chi connectivity index (χ1v) is 9.22. The molecule has 2 aromatic heterocycles. The van der Waals surface area contributed by atoms with Gasteiger partial charge in [-0.25, -0.2) is 15.0 Å². The highest BCUT2D eigenvalue weighted by Gasteiger charge is 2.31. The normalized spacial score (nSPS) is 18.9. The zero-order valence-electron chi connectivity index (χ0n) is 15.7. The SMILES string of the molecule is C=CC(=O)N1CC(c2cc(Cl)nc(-c3cc(C(=O)NC)ncn3)c2)O[C@@H](CO)C1. The molecule has 1 aliphatic heterocycles. The van der Waals surface area contributed by atoms with Gasteiger partial charge in [-0.2, -0.15) is 0 Å². The van der Waals surface area contributed by atoms with E-state index in [0.717, 1.165) is 0 Å². The Labute approximate surface area is 172 Å². The van der Waals surface area contributed by atoms with Gasteiger partial charge in [0.05, 0.1) is 30.6 Å². The Morgan fingerprint density at radius 2 is 2.14 bits per heavy atom. The minimum absolute atomic E-state index is 0.192. The number of aliphatic hydroxyl groups is 1. The number of aliphatic hydroxyl groups excluding tert-OH is 1. The predicted molar refractivity (Wildman–Crippen MR) is 105 cm³/mol. The molecule has 0 radical (unpaired) electrons. The average molecular weight is 418 g/mol. The molecule has 29 heavy (non-hydrogen) atoms. The highest BCUT2D eigenvalue weighted by molar-refractivity contribution is 6.29. The van der Waals surface area contributed by atoms with E-state index in [9.17, 15) is 14.7 Å². The van der Waals surface area contributed by atoms with E-state index < -0.39 is 12.2 Å². The molecule has 2 amide bonds. The number of aromatic nitrogens is 3. The number of halogens is 1. The van der Waals surface area contributed by atoms with E-state index in [1.54, 1.807) is 17.0 Å². The molecule has 3 heterocycles. The first kappa shape index (κ1) is 20.8. The Balaban J connectivity index is 1.95. The second kappa shape index (κ2) is 9.08. The first-order chi connectivity index (χ1) is 13.9. The molecule has 10 heteroatoms.